The molecular weight excluding hydrogens is 270 g/mol. The zero-order valence-corrected chi connectivity index (χ0v) is 12.8. The molecule has 2 N–H and O–H groups in total. The maximum absolute atomic E-state index is 9.71. The first-order valence-corrected chi connectivity index (χ1v) is 7.79. The van der Waals surface area contributed by atoms with Crippen LogP contribution in [-0.4, -0.2) is 65.5 Å². The number of aliphatic hydroxyl groups is 1. The van der Waals surface area contributed by atoms with Gasteiger partial charge in [0.1, 0.15) is 0 Å². The Morgan fingerprint density at radius 3 is 2.90 bits per heavy atom. The van der Waals surface area contributed by atoms with Crippen molar-refractivity contribution in [3.05, 3.63) is 5.89 Å². The number of β-amino-alcohol motifs (C(OH)–C–C–N with tert-alkyl or cyclic N) is 1. The van der Waals surface area contributed by atoms with Gasteiger partial charge in [0, 0.05) is 39.3 Å². The molecule has 2 heterocycles. The molecule has 1 aromatic heterocycles. The van der Waals surface area contributed by atoms with Crippen molar-refractivity contribution < 1.29 is 9.63 Å². The number of hydrogen-bond acceptors (Lipinski definition) is 7. The molecule has 0 bridgehead atoms. The topological polar surface area (TPSA) is 77.7 Å². The molecule has 0 radical (unpaired) electrons. The molecule has 1 unspecified atom stereocenters. The van der Waals surface area contributed by atoms with Gasteiger partial charge < -0.3 is 19.8 Å². The van der Waals surface area contributed by atoms with Crippen LogP contribution < -0.4 is 10.2 Å². The van der Waals surface area contributed by atoms with Crippen LogP contribution in [0.15, 0.2) is 4.52 Å². The highest BCUT2D eigenvalue weighted by Crippen LogP contribution is 2.27. The van der Waals surface area contributed by atoms with Crippen molar-refractivity contribution in [3.8, 4) is 0 Å². The van der Waals surface area contributed by atoms with E-state index in [0.29, 0.717) is 30.5 Å². The van der Waals surface area contributed by atoms with Gasteiger partial charge in [0.15, 0.2) is 0 Å². The molecular formula is C14H25N5O2. The lowest BCUT2D eigenvalue weighted by Gasteiger charge is -2.29. The standard InChI is InChI=1S/C14H25N5O2/c1-18(2)14-16-13(21-17-14)8-15-11-4-3-5-12(11)19-7-6-10(20)9-19/h10-12,15,20H,3-9H2,1-2H3/t10?,11-,12+/m1/s1. The van der Waals surface area contributed by atoms with Crippen LogP contribution in [0.4, 0.5) is 5.95 Å². The van der Waals surface area contributed by atoms with E-state index in [1.807, 2.05) is 19.0 Å². The van der Waals surface area contributed by atoms with Crippen LogP contribution in [-0.2, 0) is 6.54 Å². The second-order valence-electron chi connectivity index (χ2n) is 6.31. The van der Waals surface area contributed by atoms with Gasteiger partial charge in [-0.25, -0.2) is 0 Å². The van der Waals surface area contributed by atoms with Gasteiger partial charge in [-0.1, -0.05) is 6.42 Å². The Bertz CT molecular complexity index is 464. The molecule has 1 aromatic rings. The van der Waals surface area contributed by atoms with Crippen LogP contribution in [0, 0.1) is 0 Å². The minimum Gasteiger partial charge on any atom is -0.392 e. The smallest absolute Gasteiger partial charge is 0.265 e. The van der Waals surface area contributed by atoms with Gasteiger partial charge in [-0.05, 0) is 24.4 Å². The zero-order chi connectivity index (χ0) is 14.8. The third kappa shape index (κ3) is 3.36. The molecule has 118 valence electrons. The summed E-state index contributed by atoms with van der Waals surface area (Å²) in [5, 5.41) is 17.2. The molecule has 1 saturated carbocycles. The molecule has 2 fully saturated rings. The monoisotopic (exact) mass is 295 g/mol. The Morgan fingerprint density at radius 1 is 1.38 bits per heavy atom. The summed E-state index contributed by atoms with van der Waals surface area (Å²) in [6.45, 7) is 2.43. The molecule has 3 atom stereocenters. The Morgan fingerprint density at radius 2 is 2.24 bits per heavy atom. The summed E-state index contributed by atoms with van der Waals surface area (Å²) < 4.78 is 5.24. The van der Waals surface area contributed by atoms with Gasteiger partial charge in [0.25, 0.3) is 5.95 Å². The van der Waals surface area contributed by atoms with Crippen LogP contribution in [0.3, 0.4) is 0 Å². The van der Waals surface area contributed by atoms with Crippen molar-refractivity contribution in [3.63, 3.8) is 0 Å². The van der Waals surface area contributed by atoms with E-state index in [2.05, 4.69) is 20.4 Å². The zero-order valence-electron chi connectivity index (χ0n) is 12.8. The number of hydrogen-bond donors (Lipinski definition) is 2. The number of nitrogens with one attached hydrogen (secondary N) is 1. The number of aliphatic hydroxyl groups excluding tert-OH is 1. The molecule has 7 nitrogen and oxygen atoms in total. The molecule has 0 amide bonds. The molecule has 2 aliphatic rings. The Labute approximate surface area is 125 Å². The first-order valence-electron chi connectivity index (χ1n) is 7.79. The predicted octanol–water partition coefficient (Wildman–Crippen LogP) is 0.213. The fraction of sp³-hybridized carbons (Fsp3) is 0.857. The molecule has 7 heteroatoms. The van der Waals surface area contributed by atoms with E-state index in [9.17, 15) is 5.11 Å². The Balaban J connectivity index is 1.53. The lowest BCUT2D eigenvalue weighted by Crippen LogP contribution is -2.46. The molecule has 1 aliphatic carbocycles. The summed E-state index contributed by atoms with van der Waals surface area (Å²) in [5.41, 5.74) is 0. The fourth-order valence-corrected chi connectivity index (χ4v) is 3.40. The second-order valence-corrected chi connectivity index (χ2v) is 6.31. The van der Waals surface area contributed by atoms with E-state index in [4.69, 9.17) is 4.52 Å². The average molecular weight is 295 g/mol. The third-order valence-electron chi connectivity index (χ3n) is 4.52. The molecule has 21 heavy (non-hydrogen) atoms. The van der Waals surface area contributed by atoms with Gasteiger partial charge in [-0.15, -0.1) is 0 Å². The Hall–Kier alpha value is -1.18. The third-order valence-corrected chi connectivity index (χ3v) is 4.52. The van der Waals surface area contributed by atoms with Crippen LogP contribution in [0.5, 0.6) is 0 Å². The molecule has 0 aromatic carbocycles. The minimum atomic E-state index is -0.148. The molecule has 1 saturated heterocycles. The van der Waals surface area contributed by atoms with Gasteiger partial charge in [-0.3, -0.25) is 4.90 Å². The van der Waals surface area contributed by atoms with Gasteiger partial charge in [-0.2, -0.15) is 4.98 Å². The van der Waals surface area contributed by atoms with Gasteiger partial charge in [0.05, 0.1) is 12.6 Å². The highest BCUT2D eigenvalue weighted by molar-refractivity contribution is 5.23. The highest BCUT2D eigenvalue weighted by Gasteiger charge is 2.35. The van der Waals surface area contributed by atoms with Crippen molar-refractivity contribution >= 4 is 5.95 Å². The molecule has 0 spiro atoms. The van der Waals surface area contributed by atoms with E-state index in [-0.39, 0.29) is 6.10 Å². The average Bonchev–Trinajstić information content (AvgIpc) is 3.15. The predicted molar refractivity (Wildman–Crippen MR) is 79.1 cm³/mol. The van der Waals surface area contributed by atoms with Crippen LogP contribution in [0.2, 0.25) is 0 Å². The van der Waals surface area contributed by atoms with Crippen LogP contribution in [0.1, 0.15) is 31.6 Å². The second kappa shape index (κ2) is 6.29. The number of anilines is 1. The van der Waals surface area contributed by atoms with E-state index < -0.39 is 0 Å². The number of rotatable bonds is 5. The van der Waals surface area contributed by atoms with E-state index in [1.54, 1.807) is 0 Å². The maximum atomic E-state index is 9.71. The van der Waals surface area contributed by atoms with Gasteiger partial charge in [0.2, 0.25) is 5.89 Å². The summed E-state index contributed by atoms with van der Waals surface area (Å²) in [5.74, 6) is 1.24. The molecule has 1 aliphatic heterocycles. The summed E-state index contributed by atoms with van der Waals surface area (Å²) in [6.07, 6.45) is 4.37. The van der Waals surface area contributed by atoms with Crippen LogP contribution in [0.25, 0.3) is 0 Å². The SMILES string of the molecule is CN(C)c1noc(CN[C@@H]2CCC[C@@H]2N2CCC(O)C2)n1. The first kappa shape index (κ1) is 14.7. The minimum absolute atomic E-state index is 0.148. The summed E-state index contributed by atoms with van der Waals surface area (Å²) in [4.78, 5) is 8.59. The number of likely N-dealkylation sites (tertiary alicyclic amines) is 1. The first-order chi connectivity index (χ1) is 10.1. The summed E-state index contributed by atoms with van der Waals surface area (Å²) in [7, 11) is 3.79. The maximum Gasteiger partial charge on any atom is 0.265 e. The van der Waals surface area contributed by atoms with E-state index >= 15 is 0 Å². The van der Waals surface area contributed by atoms with E-state index in [0.717, 1.165) is 19.5 Å². The highest BCUT2D eigenvalue weighted by atomic mass is 16.5. The van der Waals surface area contributed by atoms with Crippen molar-refractivity contribution in [1.82, 2.24) is 20.4 Å². The summed E-state index contributed by atoms with van der Waals surface area (Å²) in [6, 6.07) is 0.975. The quantitative estimate of drug-likeness (QED) is 0.804. The van der Waals surface area contributed by atoms with Crippen molar-refractivity contribution in [2.24, 2.45) is 0 Å². The normalized spacial score (nSPS) is 30.1. The van der Waals surface area contributed by atoms with Crippen molar-refractivity contribution in [2.45, 2.75) is 50.4 Å². The van der Waals surface area contributed by atoms with Gasteiger partial charge >= 0.3 is 0 Å². The fourth-order valence-electron chi connectivity index (χ4n) is 3.40. The Kier molecular flexibility index (Phi) is 4.42. The largest absolute Gasteiger partial charge is 0.392 e. The lowest BCUT2D eigenvalue weighted by molar-refractivity contribution is 0.149. The number of aromatic nitrogens is 2. The number of nitrogens with zero attached hydrogens (tertiary/aromatic N) is 4. The molecule has 3 rings (SSSR count). The summed E-state index contributed by atoms with van der Waals surface area (Å²) >= 11 is 0. The van der Waals surface area contributed by atoms with E-state index in [1.165, 1.54) is 19.3 Å². The van der Waals surface area contributed by atoms with Crippen molar-refractivity contribution in [1.29, 1.82) is 0 Å². The van der Waals surface area contributed by atoms with Crippen molar-refractivity contribution in [2.75, 3.05) is 32.1 Å². The lowest BCUT2D eigenvalue weighted by atomic mass is 10.1. The van der Waals surface area contributed by atoms with Crippen LogP contribution >= 0.6 is 0 Å².